The van der Waals surface area contributed by atoms with Crippen molar-refractivity contribution in [3.8, 4) is 0 Å². The fourth-order valence-corrected chi connectivity index (χ4v) is 2.12. The number of hydrogen-bond acceptors (Lipinski definition) is 4. The van der Waals surface area contributed by atoms with Gasteiger partial charge in [0.2, 0.25) is 0 Å². The molecule has 0 bridgehead atoms. The quantitative estimate of drug-likeness (QED) is 0.356. The van der Waals surface area contributed by atoms with Gasteiger partial charge in [0.1, 0.15) is 0 Å². The Bertz CT molecular complexity index is 851. The van der Waals surface area contributed by atoms with E-state index in [2.05, 4.69) is 15.8 Å². The molecule has 2 aromatic carbocycles. The van der Waals surface area contributed by atoms with Gasteiger partial charge in [-0.05, 0) is 55.0 Å². The summed E-state index contributed by atoms with van der Waals surface area (Å²) in [5.74, 6) is 0. The fraction of sp³-hybridized carbons (Fsp3) is 0.125. The van der Waals surface area contributed by atoms with Crippen molar-refractivity contribution in [2.75, 3.05) is 5.32 Å². The van der Waals surface area contributed by atoms with E-state index in [0.717, 1.165) is 12.1 Å². The van der Waals surface area contributed by atoms with Crippen LogP contribution < -0.4 is 10.7 Å². The van der Waals surface area contributed by atoms with Crippen molar-refractivity contribution in [3.05, 3.63) is 69.8 Å². The predicted molar refractivity (Wildman–Crippen MR) is 96.1 cm³/mol. The topological polar surface area (TPSA) is 79.6 Å². The predicted octanol–water partition coefficient (Wildman–Crippen LogP) is 4.32. The average Bonchev–Trinajstić information content (AvgIpc) is 2.59. The molecule has 0 aliphatic carbocycles. The van der Waals surface area contributed by atoms with Gasteiger partial charge in [-0.1, -0.05) is 6.07 Å². The van der Waals surface area contributed by atoms with Crippen molar-refractivity contribution in [1.29, 1.82) is 0 Å². The number of hydrogen-bond donors (Lipinski definition) is 2. The van der Waals surface area contributed by atoms with E-state index in [-0.39, 0.29) is 16.5 Å². The van der Waals surface area contributed by atoms with Crippen LogP contribution in [0.3, 0.4) is 0 Å². The summed E-state index contributed by atoms with van der Waals surface area (Å²) in [5, 5.41) is 17.2. The van der Waals surface area contributed by atoms with Crippen molar-refractivity contribution in [3.63, 3.8) is 0 Å². The number of anilines is 1. The van der Waals surface area contributed by atoms with E-state index in [4.69, 9.17) is 12.2 Å². The third-order valence-corrected chi connectivity index (χ3v) is 3.46. The molecule has 0 saturated carbocycles. The smallest absolute Gasteiger partial charge is 0.331 e. The first-order valence-corrected chi connectivity index (χ1v) is 7.61. The molecule has 2 aromatic rings. The highest BCUT2D eigenvalue weighted by molar-refractivity contribution is 7.80. The SMILES string of the molecule is C/C(=N/NC(=S)Nc1cccc(C(F)(F)F)c1)c1ccc([N+](=O)[O-])cc1. The number of hydrazone groups is 1. The third kappa shape index (κ3) is 5.24. The van der Waals surface area contributed by atoms with Gasteiger partial charge < -0.3 is 5.32 Å². The van der Waals surface area contributed by atoms with Gasteiger partial charge >= 0.3 is 6.18 Å². The zero-order valence-electron chi connectivity index (χ0n) is 13.4. The molecule has 0 amide bonds. The normalized spacial score (nSPS) is 11.8. The second-order valence-corrected chi connectivity index (χ2v) is 5.55. The maximum absolute atomic E-state index is 12.7. The molecule has 6 nitrogen and oxygen atoms in total. The van der Waals surface area contributed by atoms with Gasteiger partial charge in [0.25, 0.3) is 5.69 Å². The van der Waals surface area contributed by atoms with Crippen LogP contribution in [-0.2, 0) is 6.18 Å². The summed E-state index contributed by atoms with van der Waals surface area (Å²) in [6.45, 7) is 1.65. The summed E-state index contributed by atoms with van der Waals surface area (Å²) in [5.41, 5.74) is 2.97. The lowest BCUT2D eigenvalue weighted by Crippen LogP contribution is -2.25. The first-order chi connectivity index (χ1) is 12.2. The summed E-state index contributed by atoms with van der Waals surface area (Å²) in [4.78, 5) is 10.1. The zero-order valence-corrected chi connectivity index (χ0v) is 14.2. The van der Waals surface area contributed by atoms with Gasteiger partial charge in [0.15, 0.2) is 5.11 Å². The van der Waals surface area contributed by atoms with Crippen LogP contribution in [0.1, 0.15) is 18.1 Å². The van der Waals surface area contributed by atoms with Gasteiger partial charge in [-0.15, -0.1) is 0 Å². The second-order valence-electron chi connectivity index (χ2n) is 5.15. The zero-order chi connectivity index (χ0) is 19.3. The largest absolute Gasteiger partial charge is 0.416 e. The van der Waals surface area contributed by atoms with E-state index in [1.54, 1.807) is 6.92 Å². The second kappa shape index (κ2) is 7.91. The maximum Gasteiger partial charge on any atom is 0.416 e. The van der Waals surface area contributed by atoms with E-state index >= 15 is 0 Å². The molecular weight excluding hydrogens is 369 g/mol. The molecule has 0 atom stereocenters. The molecule has 10 heteroatoms. The molecule has 26 heavy (non-hydrogen) atoms. The monoisotopic (exact) mass is 382 g/mol. The molecular formula is C16H13F3N4O2S. The van der Waals surface area contributed by atoms with Crippen LogP contribution >= 0.6 is 12.2 Å². The van der Waals surface area contributed by atoms with Crippen LogP contribution in [0.25, 0.3) is 0 Å². The molecule has 0 fully saturated rings. The Morgan fingerprint density at radius 3 is 2.42 bits per heavy atom. The standard InChI is InChI=1S/C16H13F3N4O2S/c1-10(11-5-7-14(8-6-11)23(24)25)21-22-15(26)20-13-4-2-3-12(9-13)16(17,18)19/h2-9H,1H3,(H2,20,22,26)/b21-10-. The van der Waals surface area contributed by atoms with Crippen molar-refractivity contribution < 1.29 is 18.1 Å². The maximum atomic E-state index is 12.7. The Kier molecular flexibility index (Phi) is 5.88. The number of nitro groups is 1. The molecule has 0 aliphatic heterocycles. The minimum atomic E-state index is -4.45. The van der Waals surface area contributed by atoms with Crippen molar-refractivity contribution in [2.45, 2.75) is 13.1 Å². The van der Waals surface area contributed by atoms with Crippen LogP contribution in [0.4, 0.5) is 24.5 Å². The van der Waals surface area contributed by atoms with Gasteiger partial charge in [-0.25, -0.2) is 0 Å². The summed E-state index contributed by atoms with van der Waals surface area (Å²) in [6, 6.07) is 10.3. The molecule has 0 unspecified atom stereocenters. The molecule has 0 aliphatic rings. The van der Waals surface area contributed by atoms with Crippen molar-refractivity contribution in [2.24, 2.45) is 5.10 Å². The number of nitrogens with zero attached hydrogens (tertiary/aromatic N) is 2. The van der Waals surface area contributed by atoms with Gasteiger partial charge in [0, 0.05) is 17.8 Å². The Labute approximate surface area is 151 Å². The highest BCUT2D eigenvalue weighted by Gasteiger charge is 2.30. The van der Waals surface area contributed by atoms with Gasteiger partial charge in [-0.2, -0.15) is 18.3 Å². The van der Waals surface area contributed by atoms with Crippen LogP contribution in [0.2, 0.25) is 0 Å². The molecule has 2 rings (SSSR count). The number of rotatable bonds is 4. The molecule has 0 saturated heterocycles. The number of nitro benzene ring substituents is 1. The van der Waals surface area contributed by atoms with Crippen molar-refractivity contribution >= 4 is 34.4 Å². The first-order valence-electron chi connectivity index (χ1n) is 7.20. The lowest BCUT2D eigenvalue weighted by atomic mass is 10.1. The Balaban J connectivity index is 2.01. The van der Waals surface area contributed by atoms with E-state index < -0.39 is 16.7 Å². The number of thiocarbonyl (C=S) groups is 1. The van der Waals surface area contributed by atoms with E-state index in [9.17, 15) is 23.3 Å². The summed E-state index contributed by atoms with van der Waals surface area (Å²) < 4.78 is 38.1. The number of benzene rings is 2. The number of halogens is 3. The highest BCUT2D eigenvalue weighted by Crippen LogP contribution is 2.30. The van der Waals surface area contributed by atoms with Crippen LogP contribution in [-0.4, -0.2) is 15.7 Å². The Morgan fingerprint density at radius 2 is 1.85 bits per heavy atom. The lowest BCUT2D eigenvalue weighted by Gasteiger charge is -2.11. The van der Waals surface area contributed by atoms with Gasteiger partial charge in [-0.3, -0.25) is 15.5 Å². The van der Waals surface area contributed by atoms with E-state index in [1.165, 1.54) is 36.4 Å². The number of alkyl halides is 3. The fourth-order valence-electron chi connectivity index (χ4n) is 1.96. The number of non-ortho nitro benzene ring substituents is 1. The molecule has 0 spiro atoms. The van der Waals surface area contributed by atoms with Crippen LogP contribution in [0, 0.1) is 10.1 Å². The van der Waals surface area contributed by atoms with Crippen LogP contribution in [0.5, 0.6) is 0 Å². The molecule has 0 aromatic heterocycles. The Morgan fingerprint density at radius 1 is 1.19 bits per heavy atom. The van der Waals surface area contributed by atoms with E-state index in [0.29, 0.717) is 11.3 Å². The summed E-state index contributed by atoms with van der Waals surface area (Å²) in [7, 11) is 0. The molecule has 0 radical (unpaired) electrons. The summed E-state index contributed by atoms with van der Waals surface area (Å²) in [6.07, 6.45) is -4.45. The van der Waals surface area contributed by atoms with E-state index in [1.807, 2.05) is 0 Å². The minimum absolute atomic E-state index is 0.00517. The number of nitrogens with one attached hydrogen (secondary N) is 2. The molecule has 0 heterocycles. The molecule has 136 valence electrons. The average molecular weight is 382 g/mol. The lowest BCUT2D eigenvalue weighted by molar-refractivity contribution is -0.384. The van der Waals surface area contributed by atoms with Gasteiger partial charge in [0.05, 0.1) is 16.2 Å². The summed E-state index contributed by atoms with van der Waals surface area (Å²) >= 11 is 5.00. The molecule has 2 N–H and O–H groups in total. The van der Waals surface area contributed by atoms with Crippen LogP contribution in [0.15, 0.2) is 53.6 Å². The van der Waals surface area contributed by atoms with Crippen molar-refractivity contribution in [1.82, 2.24) is 5.43 Å². The Hall–Kier alpha value is -3.01. The third-order valence-electron chi connectivity index (χ3n) is 3.27. The minimum Gasteiger partial charge on any atom is -0.331 e. The first kappa shape index (κ1) is 19.3. The highest BCUT2D eigenvalue weighted by atomic mass is 32.1.